The maximum Gasteiger partial charge on any atom is 0.472 e. The van der Waals surface area contributed by atoms with Gasteiger partial charge in [-0.15, -0.1) is 0 Å². The highest BCUT2D eigenvalue weighted by atomic mass is 31.2. The normalized spacial score (nSPS) is 14.2. The zero-order valence-electron chi connectivity index (χ0n) is 31.3. The monoisotopic (exact) mass is 721 g/mol. The SMILES string of the molecule is CC/C=C\C/C=C\C/C=C\C/C=C\C/C=C\CCCC(=O)OCC(COP(=O)(O)OCCNC)OC(=O)CCCCCCC/C=C\CCCC. The number of likely N-dealkylation sites (N-methyl/N-ethyl adjacent to an activating group) is 1. The van der Waals surface area contributed by atoms with Crippen LogP contribution in [-0.4, -0.2) is 56.3 Å². The van der Waals surface area contributed by atoms with Gasteiger partial charge in [0.05, 0.1) is 13.2 Å². The smallest absolute Gasteiger partial charge is 0.462 e. The van der Waals surface area contributed by atoms with Crippen LogP contribution in [0.1, 0.15) is 129 Å². The first-order chi connectivity index (χ1) is 24.3. The first kappa shape index (κ1) is 47.4. The summed E-state index contributed by atoms with van der Waals surface area (Å²) in [6.07, 6.45) is 41.0. The van der Waals surface area contributed by atoms with Gasteiger partial charge in [-0.25, -0.2) is 4.57 Å². The van der Waals surface area contributed by atoms with E-state index in [1.165, 1.54) is 12.8 Å². The van der Waals surface area contributed by atoms with Crippen molar-refractivity contribution in [3.63, 3.8) is 0 Å². The molecule has 0 aromatic rings. The lowest BCUT2D eigenvalue weighted by molar-refractivity contribution is -0.161. The molecular weight excluding hydrogens is 653 g/mol. The predicted molar refractivity (Wildman–Crippen MR) is 206 cm³/mol. The second kappa shape index (κ2) is 36.2. The van der Waals surface area contributed by atoms with Gasteiger partial charge < -0.3 is 19.7 Å². The lowest BCUT2D eigenvalue weighted by Gasteiger charge is -2.20. The average molecular weight is 722 g/mol. The summed E-state index contributed by atoms with van der Waals surface area (Å²) in [4.78, 5) is 34.8. The van der Waals surface area contributed by atoms with E-state index in [4.69, 9.17) is 18.5 Å². The summed E-state index contributed by atoms with van der Waals surface area (Å²) >= 11 is 0. The Kier molecular flexibility index (Phi) is 34.4. The Labute approximate surface area is 304 Å². The van der Waals surface area contributed by atoms with Crippen molar-refractivity contribution in [1.29, 1.82) is 0 Å². The highest BCUT2D eigenvalue weighted by molar-refractivity contribution is 7.47. The van der Waals surface area contributed by atoms with Crippen molar-refractivity contribution in [2.24, 2.45) is 0 Å². The second-order valence-corrected chi connectivity index (χ2v) is 13.5. The van der Waals surface area contributed by atoms with Crippen molar-refractivity contribution in [3.8, 4) is 0 Å². The number of hydrogen-bond acceptors (Lipinski definition) is 8. The Bertz CT molecular complexity index is 1050. The molecule has 2 N–H and O–H groups in total. The molecule has 0 aliphatic carbocycles. The number of unbranched alkanes of at least 4 members (excludes halogenated alkanes) is 8. The van der Waals surface area contributed by atoms with Crippen LogP contribution in [-0.2, 0) is 32.7 Å². The van der Waals surface area contributed by atoms with Crippen molar-refractivity contribution in [2.45, 2.75) is 136 Å². The molecule has 0 saturated heterocycles. The number of phosphoric acid groups is 1. The topological polar surface area (TPSA) is 120 Å². The summed E-state index contributed by atoms with van der Waals surface area (Å²) < 4.78 is 32.9. The van der Waals surface area contributed by atoms with Crippen LogP contribution in [0, 0.1) is 0 Å². The van der Waals surface area contributed by atoms with Gasteiger partial charge in [-0.05, 0) is 77.7 Å². The van der Waals surface area contributed by atoms with Crippen molar-refractivity contribution >= 4 is 19.8 Å². The van der Waals surface area contributed by atoms with Gasteiger partial charge in [-0.2, -0.15) is 0 Å². The van der Waals surface area contributed by atoms with E-state index in [2.05, 4.69) is 86.0 Å². The summed E-state index contributed by atoms with van der Waals surface area (Å²) in [5, 5.41) is 2.81. The molecule has 50 heavy (non-hydrogen) atoms. The lowest BCUT2D eigenvalue weighted by atomic mass is 10.1. The Balaban J connectivity index is 4.41. The number of carbonyl (C=O) groups excluding carboxylic acids is 2. The predicted octanol–water partition coefficient (Wildman–Crippen LogP) is 10.2. The van der Waals surface area contributed by atoms with Crippen LogP contribution < -0.4 is 5.32 Å². The first-order valence-corrected chi connectivity index (χ1v) is 20.4. The van der Waals surface area contributed by atoms with Crippen LogP contribution in [0.5, 0.6) is 0 Å². The molecule has 10 heteroatoms. The number of carbonyl (C=O) groups is 2. The minimum absolute atomic E-state index is 0.0310. The largest absolute Gasteiger partial charge is 0.472 e. The number of phosphoric ester groups is 1. The van der Waals surface area contributed by atoms with Crippen molar-refractivity contribution in [3.05, 3.63) is 72.9 Å². The molecule has 0 spiro atoms. The summed E-state index contributed by atoms with van der Waals surface area (Å²) in [7, 11) is -2.67. The molecule has 0 amide bonds. The van der Waals surface area contributed by atoms with E-state index in [1.54, 1.807) is 7.05 Å². The van der Waals surface area contributed by atoms with Crippen LogP contribution in [0.4, 0.5) is 0 Å². The van der Waals surface area contributed by atoms with E-state index in [9.17, 15) is 19.0 Å². The molecule has 0 aromatic carbocycles. The fourth-order valence-electron chi connectivity index (χ4n) is 4.45. The molecule has 0 fully saturated rings. The lowest BCUT2D eigenvalue weighted by Crippen LogP contribution is -2.29. The quantitative estimate of drug-likeness (QED) is 0.0289. The Morgan fingerprint density at radius 2 is 1.16 bits per heavy atom. The summed E-state index contributed by atoms with van der Waals surface area (Å²) in [6.45, 7) is 3.96. The standard InChI is InChI=1S/C40H68NO8P/c1-4-6-8-10-12-14-16-17-18-19-20-21-23-24-26-28-30-32-39(42)46-36-38(37-48-50(44,45)47-35-34-41-3)49-40(43)33-31-29-27-25-22-15-13-11-9-7-5-2/h6,8,11-14,17-18,20-21,24,26,38,41H,4-5,7,9-10,15-16,19,22-23,25,27-37H2,1-3H3,(H,44,45)/b8-6-,13-11-,14-12-,18-17-,21-20-,26-24-. The fraction of sp³-hybridized carbons (Fsp3) is 0.650. The maximum atomic E-state index is 12.5. The van der Waals surface area contributed by atoms with Crippen molar-refractivity contribution < 1.29 is 37.6 Å². The van der Waals surface area contributed by atoms with E-state index in [0.29, 0.717) is 19.4 Å². The first-order valence-electron chi connectivity index (χ1n) is 18.9. The summed E-state index contributed by atoms with van der Waals surface area (Å²) in [5.41, 5.74) is 0. The minimum atomic E-state index is -4.36. The maximum absolute atomic E-state index is 12.5. The molecular formula is C40H68NO8P. The highest BCUT2D eigenvalue weighted by Crippen LogP contribution is 2.43. The van der Waals surface area contributed by atoms with Gasteiger partial charge >= 0.3 is 19.8 Å². The third-order valence-corrected chi connectivity index (χ3v) is 8.29. The number of hydrogen-bond donors (Lipinski definition) is 2. The molecule has 0 bridgehead atoms. The van der Waals surface area contributed by atoms with Gasteiger partial charge in [-0.3, -0.25) is 18.6 Å². The van der Waals surface area contributed by atoms with Crippen LogP contribution in [0.15, 0.2) is 72.9 Å². The third kappa shape index (κ3) is 35.3. The van der Waals surface area contributed by atoms with Crippen LogP contribution in [0.25, 0.3) is 0 Å². The molecule has 0 rings (SSSR count). The fourth-order valence-corrected chi connectivity index (χ4v) is 5.20. The van der Waals surface area contributed by atoms with Gasteiger partial charge in [0.2, 0.25) is 0 Å². The molecule has 9 nitrogen and oxygen atoms in total. The molecule has 0 saturated carbocycles. The van der Waals surface area contributed by atoms with Gasteiger partial charge in [-0.1, -0.05) is 119 Å². The third-order valence-electron chi connectivity index (χ3n) is 7.31. The molecule has 0 aliphatic heterocycles. The molecule has 0 heterocycles. The van der Waals surface area contributed by atoms with Gasteiger partial charge in [0.1, 0.15) is 6.61 Å². The summed E-state index contributed by atoms with van der Waals surface area (Å²) in [6, 6.07) is 0. The van der Waals surface area contributed by atoms with Gasteiger partial charge in [0.15, 0.2) is 6.10 Å². The van der Waals surface area contributed by atoms with Gasteiger partial charge in [0, 0.05) is 19.4 Å². The zero-order chi connectivity index (χ0) is 36.8. The zero-order valence-corrected chi connectivity index (χ0v) is 32.2. The van der Waals surface area contributed by atoms with E-state index >= 15 is 0 Å². The Morgan fingerprint density at radius 3 is 1.78 bits per heavy atom. The van der Waals surface area contributed by atoms with Crippen LogP contribution >= 0.6 is 7.82 Å². The van der Waals surface area contributed by atoms with Crippen molar-refractivity contribution in [2.75, 3.05) is 33.4 Å². The number of rotatable bonds is 34. The van der Waals surface area contributed by atoms with Crippen molar-refractivity contribution in [1.82, 2.24) is 5.32 Å². The Hall–Kier alpha value is -2.55. The number of ether oxygens (including phenoxy) is 2. The number of esters is 2. The average Bonchev–Trinajstić information content (AvgIpc) is 3.09. The highest BCUT2D eigenvalue weighted by Gasteiger charge is 2.26. The minimum Gasteiger partial charge on any atom is -0.462 e. The van der Waals surface area contributed by atoms with E-state index in [-0.39, 0.29) is 26.1 Å². The number of nitrogens with one attached hydrogen (secondary N) is 1. The molecule has 2 atom stereocenters. The molecule has 2 unspecified atom stereocenters. The molecule has 286 valence electrons. The number of allylic oxidation sites excluding steroid dienone is 12. The van der Waals surface area contributed by atoms with Crippen LogP contribution in [0.3, 0.4) is 0 Å². The molecule has 0 radical (unpaired) electrons. The molecule has 0 aromatic heterocycles. The van der Waals surface area contributed by atoms with E-state index < -0.39 is 32.5 Å². The summed E-state index contributed by atoms with van der Waals surface area (Å²) in [5.74, 6) is -0.896. The van der Waals surface area contributed by atoms with E-state index in [1.807, 2.05) is 6.08 Å². The van der Waals surface area contributed by atoms with Gasteiger partial charge in [0.25, 0.3) is 0 Å². The molecule has 0 aliphatic rings. The van der Waals surface area contributed by atoms with Crippen LogP contribution in [0.2, 0.25) is 0 Å². The van der Waals surface area contributed by atoms with E-state index in [0.717, 1.165) is 77.0 Å². The second-order valence-electron chi connectivity index (χ2n) is 12.0. The Morgan fingerprint density at radius 1 is 0.640 bits per heavy atom.